The minimum atomic E-state index is -0.941. The quantitative estimate of drug-likeness (QED) is 0.879. The molecule has 2 rings (SSSR count). The number of hydrogen-bond donors (Lipinski definition) is 1. The molecule has 0 bridgehead atoms. The molecule has 1 unspecified atom stereocenters. The highest BCUT2D eigenvalue weighted by Crippen LogP contribution is 2.10. The summed E-state index contributed by atoms with van der Waals surface area (Å²) in [4.78, 5) is 10.9. The van der Waals surface area contributed by atoms with Gasteiger partial charge in [0, 0.05) is 6.42 Å². The van der Waals surface area contributed by atoms with Crippen LogP contribution in [0.25, 0.3) is 0 Å². The molecule has 1 atom stereocenters. The number of carbonyl (C=O) groups is 1. The van der Waals surface area contributed by atoms with Crippen molar-refractivity contribution in [1.82, 2.24) is 20.2 Å². The molecule has 0 radical (unpaired) electrons. The standard InChI is InChI=1S/C13H16N4O2/c1-9-3-5-11(6-4-9)7-8-12-14-15-16-17(12)10(2)13(18)19/h3-6,10H,7-8H2,1-2H3,(H,18,19). The van der Waals surface area contributed by atoms with Crippen LogP contribution in [0.2, 0.25) is 0 Å². The molecule has 100 valence electrons. The zero-order valence-corrected chi connectivity index (χ0v) is 10.9. The lowest BCUT2D eigenvalue weighted by molar-refractivity contribution is -0.140. The highest BCUT2D eigenvalue weighted by atomic mass is 16.4. The van der Waals surface area contributed by atoms with Gasteiger partial charge < -0.3 is 5.11 Å². The Morgan fingerprint density at radius 3 is 2.63 bits per heavy atom. The van der Waals surface area contributed by atoms with Crippen LogP contribution in [0.15, 0.2) is 24.3 Å². The van der Waals surface area contributed by atoms with E-state index in [2.05, 4.69) is 39.8 Å². The Labute approximate surface area is 111 Å². The third kappa shape index (κ3) is 3.15. The molecule has 1 N–H and O–H groups in total. The molecule has 0 spiro atoms. The van der Waals surface area contributed by atoms with Crippen molar-refractivity contribution < 1.29 is 9.90 Å². The number of hydrogen-bond acceptors (Lipinski definition) is 4. The molecule has 0 saturated heterocycles. The monoisotopic (exact) mass is 260 g/mol. The maximum Gasteiger partial charge on any atom is 0.328 e. The minimum absolute atomic E-state index is 0.593. The van der Waals surface area contributed by atoms with Crippen molar-refractivity contribution >= 4 is 5.97 Å². The van der Waals surface area contributed by atoms with Crippen LogP contribution in [0.1, 0.15) is 29.9 Å². The first kappa shape index (κ1) is 13.2. The fraction of sp³-hybridized carbons (Fsp3) is 0.385. The van der Waals surface area contributed by atoms with Gasteiger partial charge in [-0.2, -0.15) is 0 Å². The van der Waals surface area contributed by atoms with Crippen molar-refractivity contribution in [3.8, 4) is 0 Å². The summed E-state index contributed by atoms with van der Waals surface area (Å²) in [6.07, 6.45) is 1.40. The van der Waals surface area contributed by atoms with Crippen LogP contribution in [0.3, 0.4) is 0 Å². The first-order valence-electron chi connectivity index (χ1n) is 6.13. The summed E-state index contributed by atoms with van der Waals surface area (Å²) in [6.45, 7) is 3.60. The molecule has 6 nitrogen and oxygen atoms in total. The summed E-state index contributed by atoms with van der Waals surface area (Å²) in [5, 5.41) is 20.2. The van der Waals surface area contributed by atoms with Crippen molar-refractivity contribution in [2.24, 2.45) is 0 Å². The number of carboxylic acid groups (broad SMARTS) is 1. The molecule has 0 amide bonds. The summed E-state index contributed by atoms with van der Waals surface area (Å²) in [7, 11) is 0. The van der Waals surface area contributed by atoms with Gasteiger partial charge in [-0.1, -0.05) is 29.8 Å². The first-order chi connectivity index (χ1) is 9.08. The number of rotatable bonds is 5. The molecule has 1 heterocycles. The van der Waals surface area contributed by atoms with Crippen molar-refractivity contribution in [2.45, 2.75) is 32.7 Å². The summed E-state index contributed by atoms with van der Waals surface area (Å²) in [5.41, 5.74) is 2.40. The van der Waals surface area contributed by atoms with Gasteiger partial charge in [-0.15, -0.1) is 5.10 Å². The maximum absolute atomic E-state index is 10.9. The number of carboxylic acids is 1. The minimum Gasteiger partial charge on any atom is -0.480 e. The van der Waals surface area contributed by atoms with E-state index in [0.29, 0.717) is 12.2 Å². The summed E-state index contributed by atoms with van der Waals surface area (Å²) < 4.78 is 1.36. The van der Waals surface area contributed by atoms with Gasteiger partial charge in [-0.25, -0.2) is 9.48 Å². The second kappa shape index (κ2) is 5.60. The van der Waals surface area contributed by atoms with Crippen LogP contribution < -0.4 is 0 Å². The Kier molecular flexibility index (Phi) is 3.89. The lowest BCUT2D eigenvalue weighted by Gasteiger charge is -2.08. The van der Waals surface area contributed by atoms with E-state index < -0.39 is 12.0 Å². The maximum atomic E-state index is 10.9. The van der Waals surface area contributed by atoms with Crippen LogP contribution in [0.4, 0.5) is 0 Å². The summed E-state index contributed by atoms with van der Waals surface area (Å²) >= 11 is 0. The van der Waals surface area contributed by atoms with Gasteiger partial charge in [0.25, 0.3) is 0 Å². The Bertz CT molecular complexity index is 562. The zero-order chi connectivity index (χ0) is 13.8. The van der Waals surface area contributed by atoms with Crippen molar-refractivity contribution in [3.05, 3.63) is 41.2 Å². The van der Waals surface area contributed by atoms with Crippen LogP contribution in [-0.4, -0.2) is 31.3 Å². The molecule has 0 saturated carbocycles. The van der Waals surface area contributed by atoms with Crippen LogP contribution >= 0.6 is 0 Å². The topological polar surface area (TPSA) is 80.9 Å². The SMILES string of the molecule is Cc1ccc(CCc2nnnn2C(C)C(=O)O)cc1. The van der Waals surface area contributed by atoms with Crippen LogP contribution in [0.5, 0.6) is 0 Å². The number of aromatic nitrogens is 4. The molecule has 0 aliphatic heterocycles. The van der Waals surface area contributed by atoms with Gasteiger partial charge in [0.15, 0.2) is 5.82 Å². The molecule has 1 aromatic carbocycles. The van der Waals surface area contributed by atoms with Crippen LogP contribution in [0, 0.1) is 6.92 Å². The molecular formula is C13H16N4O2. The molecule has 19 heavy (non-hydrogen) atoms. The Morgan fingerprint density at radius 2 is 2.00 bits per heavy atom. The highest BCUT2D eigenvalue weighted by Gasteiger charge is 2.18. The highest BCUT2D eigenvalue weighted by molar-refractivity contribution is 5.71. The van der Waals surface area contributed by atoms with E-state index in [1.807, 2.05) is 6.92 Å². The molecule has 0 aliphatic carbocycles. The molecule has 0 fully saturated rings. The third-order valence-corrected chi connectivity index (χ3v) is 3.04. The van der Waals surface area contributed by atoms with Crippen molar-refractivity contribution in [2.75, 3.05) is 0 Å². The Balaban J connectivity index is 2.06. The third-order valence-electron chi connectivity index (χ3n) is 3.04. The Hall–Kier alpha value is -2.24. The number of benzene rings is 1. The molecule has 6 heteroatoms. The Morgan fingerprint density at radius 1 is 1.32 bits per heavy atom. The average Bonchev–Trinajstić information content (AvgIpc) is 2.85. The lowest BCUT2D eigenvalue weighted by Crippen LogP contribution is -2.19. The summed E-state index contributed by atoms with van der Waals surface area (Å²) in [5.74, 6) is -0.348. The van der Waals surface area contributed by atoms with E-state index in [9.17, 15) is 4.79 Å². The fourth-order valence-electron chi connectivity index (χ4n) is 1.79. The van der Waals surface area contributed by atoms with Gasteiger partial charge in [-0.05, 0) is 36.3 Å². The zero-order valence-electron chi connectivity index (χ0n) is 10.9. The lowest BCUT2D eigenvalue weighted by atomic mass is 10.1. The number of aryl methyl sites for hydroxylation is 3. The largest absolute Gasteiger partial charge is 0.480 e. The van der Waals surface area contributed by atoms with E-state index in [-0.39, 0.29) is 0 Å². The van der Waals surface area contributed by atoms with Crippen molar-refractivity contribution in [1.29, 1.82) is 0 Å². The molecule has 1 aromatic heterocycles. The number of tetrazole rings is 1. The summed E-state index contributed by atoms with van der Waals surface area (Å²) in [6, 6.07) is 7.48. The smallest absolute Gasteiger partial charge is 0.328 e. The van der Waals surface area contributed by atoms with Crippen LogP contribution in [-0.2, 0) is 17.6 Å². The van der Waals surface area contributed by atoms with Gasteiger partial charge in [0.05, 0.1) is 0 Å². The molecular weight excluding hydrogens is 244 g/mol. The van der Waals surface area contributed by atoms with E-state index in [0.717, 1.165) is 6.42 Å². The molecule has 0 aliphatic rings. The molecule has 2 aromatic rings. The van der Waals surface area contributed by atoms with Gasteiger partial charge in [0.2, 0.25) is 0 Å². The second-order valence-electron chi connectivity index (χ2n) is 4.54. The van der Waals surface area contributed by atoms with E-state index in [1.54, 1.807) is 6.92 Å². The van der Waals surface area contributed by atoms with Gasteiger partial charge >= 0.3 is 5.97 Å². The number of aliphatic carboxylic acids is 1. The second-order valence-corrected chi connectivity index (χ2v) is 4.54. The van der Waals surface area contributed by atoms with E-state index in [4.69, 9.17) is 5.11 Å². The number of nitrogens with zero attached hydrogens (tertiary/aromatic N) is 4. The van der Waals surface area contributed by atoms with Gasteiger partial charge in [-0.3, -0.25) is 0 Å². The average molecular weight is 260 g/mol. The van der Waals surface area contributed by atoms with E-state index >= 15 is 0 Å². The normalized spacial score (nSPS) is 12.3. The van der Waals surface area contributed by atoms with Crippen molar-refractivity contribution in [3.63, 3.8) is 0 Å². The van der Waals surface area contributed by atoms with Gasteiger partial charge in [0.1, 0.15) is 6.04 Å². The predicted octanol–water partition coefficient (Wildman–Crippen LogP) is 1.41. The first-order valence-corrected chi connectivity index (χ1v) is 6.13. The predicted molar refractivity (Wildman–Crippen MR) is 68.8 cm³/mol. The van der Waals surface area contributed by atoms with E-state index in [1.165, 1.54) is 15.8 Å². The fourth-order valence-corrected chi connectivity index (χ4v) is 1.79.